The van der Waals surface area contributed by atoms with E-state index in [0.717, 1.165) is 0 Å². The first-order valence-electron chi connectivity index (χ1n) is 10.1. The van der Waals surface area contributed by atoms with E-state index in [0.29, 0.717) is 13.2 Å². The van der Waals surface area contributed by atoms with Gasteiger partial charge in [0.1, 0.15) is 12.2 Å². The summed E-state index contributed by atoms with van der Waals surface area (Å²) in [5.41, 5.74) is -0.508. The highest BCUT2D eigenvalue weighted by atomic mass is 28.4. The zero-order chi connectivity index (χ0) is 21.5. The monoisotopic (exact) mass is 414 g/mol. The number of carbonyl (C=O) groups excluding carboxylic acids is 1. The lowest BCUT2D eigenvalue weighted by Crippen LogP contribution is -2.66. The molecule has 0 aliphatic heterocycles. The number of rotatable bonds is 8. The van der Waals surface area contributed by atoms with Crippen LogP contribution >= 0.6 is 0 Å². The van der Waals surface area contributed by atoms with Crippen LogP contribution in [-0.4, -0.2) is 39.7 Å². The van der Waals surface area contributed by atoms with Crippen molar-refractivity contribution >= 4 is 24.7 Å². The fraction of sp³-hybridized carbons (Fsp3) is 0.458. The molecule has 2 aromatic rings. The molecule has 0 fully saturated rings. The Morgan fingerprint density at radius 1 is 0.793 bits per heavy atom. The van der Waals surface area contributed by atoms with Crippen molar-refractivity contribution in [1.29, 1.82) is 0 Å². The van der Waals surface area contributed by atoms with Crippen molar-refractivity contribution in [2.24, 2.45) is 0 Å². The summed E-state index contributed by atoms with van der Waals surface area (Å²) in [6, 6.07) is 20.9. The zero-order valence-electron chi connectivity index (χ0n) is 18.5. The van der Waals surface area contributed by atoms with Crippen LogP contribution < -0.4 is 10.4 Å². The zero-order valence-corrected chi connectivity index (χ0v) is 19.5. The second kappa shape index (κ2) is 9.70. The summed E-state index contributed by atoms with van der Waals surface area (Å²) < 4.78 is 17.5. The minimum absolute atomic E-state index is 0.0681. The summed E-state index contributed by atoms with van der Waals surface area (Å²) in [7, 11) is -2.56. The van der Waals surface area contributed by atoms with Gasteiger partial charge in [-0.05, 0) is 36.2 Å². The van der Waals surface area contributed by atoms with E-state index in [9.17, 15) is 4.79 Å². The normalized spacial score (nSPS) is 12.6. The molecule has 158 valence electrons. The van der Waals surface area contributed by atoms with Gasteiger partial charge >= 0.3 is 5.97 Å². The number of benzene rings is 2. The second-order valence-corrected chi connectivity index (χ2v) is 13.5. The Bertz CT molecular complexity index is 721. The predicted molar refractivity (Wildman–Crippen MR) is 120 cm³/mol. The molecule has 0 saturated heterocycles. The Morgan fingerprint density at radius 2 is 1.28 bits per heavy atom. The topological polar surface area (TPSA) is 44.8 Å². The Labute approximate surface area is 176 Å². The maximum absolute atomic E-state index is 11.8. The SMILES string of the molecule is CC(C)(C)OC(=O)COCCO[Si](c1ccccc1)(c1ccccc1)C(C)(C)C. The van der Waals surface area contributed by atoms with Crippen LogP contribution in [0.2, 0.25) is 5.04 Å². The van der Waals surface area contributed by atoms with Gasteiger partial charge in [0, 0.05) is 0 Å². The van der Waals surface area contributed by atoms with Crippen molar-refractivity contribution in [3.8, 4) is 0 Å². The Hall–Kier alpha value is -1.95. The van der Waals surface area contributed by atoms with Crippen LogP contribution in [0.15, 0.2) is 60.7 Å². The van der Waals surface area contributed by atoms with Crippen LogP contribution in [0.25, 0.3) is 0 Å². The smallest absolute Gasteiger partial charge is 0.332 e. The lowest BCUT2D eigenvalue weighted by atomic mass is 10.2. The van der Waals surface area contributed by atoms with Crippen LogP contribution in [0.3, 0.4) is 0 Å². The molecule has 0 aliphatic carbocycles. The van der Waals surface area contributed by atoms with Crippen molar-refractivity contribution in [3.63, 3.8) is 0 Å². The van der Waals surface area contributed by atoms with Gasteiger partial charge in [0.15, 0.2) is 0 Å². The molecule has 2 aromatic carbocycles. The van der Waals surface area contributed by atoms with Gasteiger partial charge in [0.25, 0.3) is 8.32 Å². The van der Waals surface area contributed by atoms with E-state index in [1.165, 1.54) is 10.4 Å². The quantitative estimate of drug-likeness (QED) is 0.373. The maximum atomic E-state index is 11.8. The molecule has 0 saturated carbocycles. The van der Waals surface area contributed by atoms with E-state index < -0.39 is 13.9 Å². The third-order valence-electron chi connectivity index (χ3n) is 4.60. The van der Waals surface area contributed by atoms with Gasteiger partial charge in [0.05, 0.1) is 13.2 Å². The molecular weight excluding hydrogens is 380 g/mol. The highest BCUT2D eigenvalue weighted by Crippen LogP contribution is 2.36. The second-order valence-electron chi connectivity index (χ2n) is 9.15. The third-order valence-corrected chi connectivity index (χ3v) is 9.65. The highest BCUT2D eigenvalue weighted by Gasteiger charge is 2.49. The van der Waals surface area contributed by atoms with Crippen molar-refractivity contribution < 1.29 is 18.7 Å². The number of ether oxygens (including phenoxy) is 2. The average Bonchev–Trinajstić information content (AvgIpc) is 2.63. The van der Waals surface area contributed by atoms with Crippen LogP contribution in [0.4, 0.5) is 0 Å². The Balaban J connectivity index is 2.16. The number of hydrogen-bond donors (Lipinski definition) is 0. The van der Waals surface area contributed by atoms with Gasteiger partial charge < -0.3 is 13.9 Å². The molecule has 5 heteroatoms. The van der Waals surface area contributed by atoms with Gasteiger partial charge in [0.2, 0.25) is 0 Å². The molecule has 0 spiro atoms. The summed E-state index contributed by atoms with van der Waals surface area (Å²) in [6.07, 6.45) is 0. The fourth-order valence-corrected chi connectivity index (χ4v) is 8.09. The van der Waals surface area contributed by atoms with Crippen molar-refractivity contribution in [2.45, 2.75) is 52.2 Å². The molecular formula is C24H34O4Si. The molecule has 0 bridgehead atoms. The average molecular weight is 415 g/mol. The standard InChI is InChI=1S/C24H34O4Si/c1-23(2,3)28-22(25)19-26-17-18-27-29(24(4,5)6,20-13-9-7-10-14-20)21-15-11-8-12-16-21/h7-16H,17-19H2,1-6H3. The molecule has 0 aliphatic rings. The van der Waals surface area contributed by atoms with E-state index in [1.807, 2.05) is 32.9 Å². The Morgan fingerprint density at radius 3 is 1.69 bits per heavy atom. The number of carbonyl (C=O) groups is 1. The van der Waals surface area contributed by atoms with Gasteiger partial charge in [-0.25, -0.2) is 4.79 Å². The van der Waals surface area contributed by atoms with Crippen molar-refractivity contribution in [2.75, 3.05) is 19.8 Å². The molecule has 0 radical (unpaired) electrons. The van der Waals surface area contributed by atoms with E-state index in [4.69, 9.17) is 13.9 Å². The first-order chi connectivity index (χ1) is 13.6. The summed E-state index contributed by atoms with van der Waals surface area (Å²) in [5, 5.41) is 2.37. The van der Waals surface area contributed by atoms with Gasteiger partial charge in [-0.1, -0.05) is 81.4 Å². The first kappa shape index (κ1) is 23.3. The molecule has 0 atom stereocenters. The molecule has 0 N–H and O–H groups in total. The maximum Gasteiger partial charge on any atom is 0.332 e. The number of hydrogen-bond acceptors (Lipinski definition) is 4. The van der Waals surface area contributed by atoms with Gasteiger partial charge in [-0.15, -0.1) is 0 Å². The molecule has 0 amide bonds. The van der Waals surface area contributed by atoms with Crippen molar-refractivity contribution in [3.05, 3.63) is 60.7 Å². The minimum atomic E-state index is -2.56. The first-order valence-corrected chi connectivity index (χ1v) is 12.0. The van der Waals surface area contributed by atoms with Crippen LogP contribution in [0, 0.1) is 0 Å². The van der Waals surface area contributed by atoms with Gasteiger partial charge in [-0.2, -0.15) is 0 Å². The summed E-state index contributed by atoms with van der Waals surface area (Å²) in [4.78, 5) is 11.8. The van der Waals surface area contributed by atoms with Crippen LogP contribution in [-0.2, 0) is 18.7 Å². The molecule has 0 unspecified atom stereocenters. The molecule has 2 rings (SSSR count). The molecule has 29 heavy (non-hydrogen) atoms. The predicted octanol–water partition coefficient (Wildman–Crippen LogP) is 3.92. The van der Waals surface area contributed by atoms with Gasteiger partial charge in [-0.3, -0.25) is 0 Å². The third kappa shape index (κ3) is 6.26. The largest absolute Gasteiger partial charge is 0.458 e. The van der Waals surface area contributed by atoms with Crippen molar-refractivity contribution in [1.82, 2.24) is 0 Å². The Kier molecular flexibility index (Phi) is 7.80. The van der Waals surface area contributed by atoms with Crippen LogP contribution in [0.5, 0.6) is 0 Å². The summed E-state index contributed by atoms with van der Waals surface area (Å²) in [6.45, 7) is 12.9. The van der Waals surface area contributed by atoms with Crippen LogP contribution in [0.1, 0.15) is 41.5 Å². The minimum Gasteiger partial charge on any atom is -0.458 e. The number of esters is 1. The highest BCUT2D eigenvalue weighted by molar-refractivity contribution is 6.99. The summed E-state index contributed by atoms with van der Waals surface area (Å²) >= 11 is 0. The molecule has 0 heterocycles. The lowest BCUT2D eigenvalue weighted by molar-refractivity contribution is -0.160. The fourth-order valence-electron chi connectivity index (χ4n) is 3.54. The van der Waals surface area contributed by atoms with E-state index in [-0.39, 0.29) is 17.6 Å². The summed E-state index contributed by atoms with van der Waals surface area (Å²) in [5.74, 6) is -0.358. The molecule has 4 nitrogen and oxygen atoms in total. The lowest BCUT2D eigenvalue weighted by Gasteiger charge is -2.43. The molecule has 0 aromatic heterocycles. The van der Waals surface area contributed by atoms with E-state index in [2.05, 4.69) is 69.3 Å². The van der Waals surface area contributed by atoms with E-state index >= 15 is 0 Å². The van der Waals surface area contributed by atoms with E-state index in [1.54, 1.807) is 0 Å².